The average Bonchev–Trinajstić information content (AvgIpc) is 2.36. The molecule has 1 rings (SSSR count). The van der Waals surface area contributed by atoms with Gasteiger partial charge in [0.2, 0.25) is 0 Å². The van der Waals surface area contributed by atoms with Crippen molar-refractivity contribution in [3.05, 3.63) is 0 Å². The predicted octanol–water partition coefficient (Wildman–Crippen LogP) is -0.0681. The molecule has 6 heteroatoms. The van der Waals surface area contributed by atoms with E-state index >= 15 is 0 Å². The van der Waals surface area contributed by atoms with Gasteiger partial charge in [0.1, 0.15) is 6.10 Å². The van der Waals surface area contributed by atoms with E-state index in [0.29, 0.717) is 26.2 Å². The van der Waals surface area contributed by atoms with E-state index in [4.69, 9.17) is 4.74 Å². The summed E-state index contributed by atoms with van der Waals surface area (Å²) in [4.78, 5) is 26.2. The Kier molecular flexibility index (Phi) is 4.54. The first-order valence-corrected chi connectivity index (χ1v) is 5.24. The molecule has 0 aromatic rings. The van der Waals surface area contributed by atoms with Gasteiger partial charge in [-0.25, -0.2) is 4.79 Å². The highest BCUT2D eigenvalue weighted by Gasteiger charge is 2.26. The molecule has 1 heterocycles. The van der Waals surface area contributed by atoms with Crippen LogP contribution in [0.15, 0.2) is 0 Å². The zero-order valence-electron chi connectivity index (χ0n) is 9.93. The molecule has 0 aromatic carbocycles. The Labute approximate surface area is 95.1 Å². The third-order valence-electron chi connectivity index (χ3n) is 2.73. The van der Waals surface area contributed by atoms with Crippen molar-refractivity contribution in [1.29, 1.82) is 0 Å². The lowest BCUT2D eigenvalue weighted by Gasteiger charge is -2.34. The molecule has 0 radical (unpaired) electrons. The van der Waals surface area contributed by atoms with E-state index in [1.807, 2.05) is 0 Å². The van der Waals surface area contributed by atoms with Crippen LogP contribution in [0.25, 0.3) is 0 Å². The molecule has 1 aliphatic heterocycles. The van der Waals surface area contributed by atoms with Crippen LogP contribution in [0.3, 0.4) is 0 Å². The molecule has 1 unspecified atom stereocenters. The van der Waals surface area contributed by atoms with Crippen molar-refractivity contribution in [1.82, 2.24) is 9.80 Å². The fraction of sp³-hybridized carbons (Fsp3) is 0.800. The topological polar surface area (TPSA) is 59.1 Å². The van der Waals surface area contributed by atoms with Crippen molar-refractivity contribution in [3.63, 3.8) is 0 Å². The first-order chi connectivity index (χ1) is 7.60. The van der Waals surface area contributed by atoms with E-state index in [1.165, 1.54) is 14.2 Å². The van der Waals surface area contributed by atoms with Gasteiger partial charge in [0.25, 0.3) is 5.91 Å². The molecule has 1 fully saturated rings. The van der Waals surface area contributed by atoms with Crippen LogP contribution in [0.5, 0.6) is 0 Å². The normalized spacial score (nSPS) is 18.2. The first-order valence-electron chi connectivity index (χ1n) is 5.24. The fourth-order valence-corrected chi connectivity index (χ4v) is 1.60. The number of carbonyl (C=O) groups excluding carboxylic acids is 2. The number of methoxy groups -OCH3 is 2. The predicted molar refractivity (Wildman–Crippen MR) is 57.0 cm³/mol. The summed E-state index contributed by atoms with van der Waals surface area (Å²) in [6.45, 7) is 3.79. The summed E-state index contributed by atoms with van der Waals surface area (Å²) in [5.41, 5.74) is 0. The largest absolute Gasteiger partial charge is 0.453 e. The number of hydrogen-bond acceptors (Lipinski definition) is 4. The Morgan fingerprint density at radius 1 is 1.06 bits per heavy atom. The lowest BCUT2D eigenvalue weighted by Crippen LogP contribution is -2.52. The van der Waals surface area contributed by atoms with Crippen LogP contribution in [-0.2, 0) is 14.3 Å². The lowest BCUT2D eigenvalue weighted by atomic mass is 10.2. The number of carbonyl (C=O) groups is 2. The molecule has 0 N–H and O–H groups in total. The second-order valence-corrected chi connectivity index (χ2v) is 3.66. The van der Waals surface area contributed by atoms with Crippen molar-refractivity contribution in [2.45, 2.75) is 13.0 Å². The molecule has 0 spiro atoms. The first kappa shape index (κ1) is 12.8. The molecule has 16 heavy (non-hydrogen) atoms. The van der Waals surface area contributed by atoms with Gasteiger partial charge in [0.05, 0.1) is 7.11 Å². The molecule has 0 aliphatic carbocycles. The molecular formula is C10H18N2O4. The highest BCUT2D eigenvalue weighted by Crippen LogP contribution is 2.06. The maximum absolute atomic E-state index is 11.7. The minimum Gasteiger partial charge on any atom is -0.453 e. The molecule has 2 amide bonds. The van der Waals surface area contributed by atoms with Gasteiger partial charge in [0, 0.05) is 33.3 Å². The maximum Gasteiger partial charge on any atom is 0.409 e. The molecule has 0 aromatic heterocycles. The smallest absolute Gasteiger partial charge is 0.409 e. The molecule has 1 saturated heterocycles. The minimum atomic E-state index is -0.426. The molecule has 0 saturated carbocycles. The van der Waals surface area contributed by atoms with Crippen molar-refractivity contribution in [3.8, 4) is 0 Å². The number of ether oxygens (including phenoxy) is 2. The van der Waals surface area contributed by atoms with Gasteiger partial charge in [-0.2, -0.15) is 0 Å². The summed E-state index contributed by atoms with van der Waals surface area (Å²) in [5.74, 6) is -0.0352. The summed E-state index contributed by atoms with van der Waals surface area (Å²) < 4.78 is 9.58. The second kappa shape index (κ2) is 5.69. The fourth-order valence-electron chi connectivity index (χ4n) is 1.60. The zero-order chi connectivity index (χ0) is 12.1. The van der Waals surface area contributed by atoms with Gasteiger partial charge in [0.15, 0.2) is 0 Å². The SMILES string of the molecule is COC(=O)N1CCN(C(=O)C(C)OC)CC1. The van der Waals surface area contributed by atoms with Crippen LogP contribution in [0, 0.1) is 0 Å². The number of nitrogens with zero attached hydrogens (tertiary/aromatic N) is 2. The number of amides is 2. The Morgan fingerprint density at radius 2 is 1.56 bits per heavy atom. The Balaban J connectivity index is 2.43. The Bertz CT molecular complexity index is 262. The molecule has 92 valence electrons. The number of hydrogen-bond donors (Lipinski definition) is 0. The van der Waals surface area contributed by atoms with E-state index in [0.717, 1.165) is 0 Å². The molecule has 0 bridgehead atoms. The number of piperazine rings is 1. The van der Waals surface area contributed by atoms with Crippen LogP contribution in [0.4, 0.5) is 4.79 Å². The standard InChI is InChI=1S/C10H18N2O4/c1-8(15-2)9(13)11-4-6-12(7-5-11)10(14)16-3/h8H,4-7H2,1-3H3. The van der Waals surface area contributed by atoms with Gasteiger partial charge < -0.3 is 19.3 Å². The summed E-state index contributed by atoms with van der Waals surface area (Å²) in [7, 11) is 2.86. The third-order valence-corrected chi connectivity index (χ3v) is 2.73. The number of rotatable bonds is 2. The minimum absolute atomic E-state index is 0.0352. The van der Waals surface area contributed by atoms with Crippen LogP contribution >= 0.6 is 0 Å². The highest BCUT2D eigenvalue weighted by atomic mass is 16.5. The average molecular weight is 230 g/mol. The van der Waals surface area contributed by atoms with E-state index in [9.17, 15) is 9.59 Å². The van der Waals surface area contributed by atoms with Gasteiger partial charge in [-0.3, -0.25) is 4.79 Å². The molecular weight excluding hydrogens is 212 g/mol. The van der Waals surface area contributed by atoms with E-state index in [-0.39, 0.29) is 12.0 Å². The van der Waals surface area contributed by atoms with Gasteiger partial charge >= 0.3 is 6.09 Å². The van der Waals surface area contributed by atoms with Crippen LogP contribution in [-0.4, -0.2) is 68.3 Å². The zero-order valence-corrected chi connectivity index (χ0v) is 9.93. The van der Waals surface area contributed by atoms with E-state index in [1.54, 1.807) is 16.7 Å². The van der Waals surface area contributed by atoms with Crippen LogP contribution in [0.1, 0.15) is 6.92 Å². The van der Waals surface area contributed by atoms with Crippen molar-refractivity contribution < 1.29 is 19.1 Å². The van der Waals surface area contributed by atoms with Crippen molar-refractivity contribution in [2.24, 2.45) is 0 Å². The lowest BCUT2D eigenvalue weighted by molar-refractivity contribution is -0.142. The highest BCUT2D eigenvalue weighted by molar-refractivity contribution is 5.80. The van der Waals surface area contributed by atoms with Crippen LogP contribution < -0.4 is 0 Å². The molecule has 1 atom stereocenters. The second-order valence-electron chi connectivity index (χ2n) is 3.66. The van der Waals surface area contributed by atoms with Crippen molar-refractivity contribution >= 4 is 12.0 Å². The molecule has 1 aliphatic rings. The van der Waals surface area contributed by atoms with Crippen molar-refractivity contribution in [2.75, 3.05) is 40.4 Å². The van der Waals surface area contributed by atoms with E-state index < -0.39 is 6.10 Å². The quantitative estimate of drug-likeness (QED) is 0.666. The van der Waals surface area contributed by atoms with Crippen LogP contribution in [0.2, 0.25) is 0 Å². The maximum atomic E-state index is 11.7. The summed E-state index contributed by atoms with van der Waals surface area (Å²) in [6.07, 6.45) is -0.767. The third kappa shape index (κ3) is 2.85. The van der Waals surface area contributed by atoms with Gasteiger partial charge in [-0.1, -0.05) is 0 Å². The monoisotopic (exact) mass is 230 g/mol. The molecule has 6 nitrogen and oxygen atoms in total. The van der Waals surface area contributed by atoms with Gasteiger partial charge in [-0.05, 0) is 6.92 Å². The van der Waals surface area contributed by atoms with E-state index in [2.05, 4.69) is 4.74 Å². The summed E-state index contributed by atoms with van der Waals surface area (Å²) in [5, 5.41) is 0. The Hall–Kier alpha value is -1.30. The summed E-state index contributed by atoms with van der Waals surface area (Å²) >= 11 is 0. The Morgan fingerprint density at radius 3 is 2.00 bits per heavy atom. The van der Waals surface area contributed by atoms with Gasteiger partial charge in [-0.15, -0.1) is 0 Å². The summed E-state index contributed by atoms with van der Waals surface area (Å²) in [6, 6.07) is 0.